The number of halogens is 2. The second-order valence-corrected chi connectivity index (χ2v) is 5.37. The molecule has 2 aromatic rings. The maximum absolute atomic E-state index is 10.7. The summed E-state index contributed by atoms with van der Waals surface area (Å²) in [7, 11) is 1.50. The van der Waals surface area contributed by atoms with Gasteiger partial charge in [-0.3, -0.25) is 4.68 Å². The van der Waals surface area contributed by atoms with Crippen molar-refractivity contribution in [1.29, 1.82) is 0 Å². The molecule has 0 atom stereocenters. The van der Waals surface area contributed by atoms with Crippen molar-refractivity contribution in [2.75, 3.05) is 13.9 Å². The van der Waals surface area contributed by atoms with Gasteiger partial charge in [0, 0.05) is 29.3 Å². The Balaban J connectivity index is 2.30. The molecule has 8 heteroatoms. The second kappa shape index (κ2) is 8.01. The van der Waals surface area contributed by atoms with Gasteiger partial charge in [0.2, 0.25) is 5.88 Å². The van der Waals surface area contributed by atoms with E-state index in [1.807, 2.05) is 0 Å². The van der Waals surface area contributed by atoms with Crippen molar-refractivity contribution in [1.82, 2.24) is 9.78 Å². The molecule has 1 N–H and O–H groups in total. The molecular formula is C15H14Cl2N2O4. The quantitative estimate of drug-likeness (QED) is 0.608. The van der Waals surface area contributed by atoms with Gasteiger partial charge in [0.25, 0.3) is 0 Å². The molecule has 6 nitrogen and oxygen atoms in total. The lowest BCUT2D eigenvalue weighted by atomic mass is 10.2. The van der Waals surface area contributed by atoms with E-state index in [0.717, 1.165) is 11.6 Å². The average molecular weight is 357 g/mol. The van der Waals surface area contributed by atoms with Crippen LogP contribution in [0.2, 0.25) is 10.0 Å². The summed E-state index contributed by atoms with van der Waals surface area (Å²) in [6.07, 6.45) is 2.45. The topological polar surface area (TPSA) is 73.6 Å². The first-order valence-corrected chi connectivity index (χ1v) is 7.29. The zero-order valence-corrected chi connectivity index (χ0v) is 13.7. The maximum atomic E-state index is 10.7. The van der Waals surface area contributed by atoms with Crippen molar-refractivity contribution in [3.05, 3.63) is 51.6 Å². The highest BCUT2D eigenvalue weighted by atomic mass is 35.5. The fraction of sp³-hybridized carbons (Fsp3) is 0.200. The van der Waals surface area contributed by atoms with Crippen molar-refractivity contribution in [2.24, 2.45) is 0 Å². The number of aliphatic carboxylic acids is 1. The van der Waals surface area contributed by atoms with Crippen molar-refractivity contribution < 1.29 is 19.4 Å². The minimum atomic E-state index is -1.05. The van der Waals surface area contributed by atoms with Gasteiger partial charge in [0.1, 0.15) is 0 Å². The van der Waals surface area contributed by atoms with Crippen LogP contribution in [0.15, 0.2) is 30.3 Å². The van der Waals surface area contributed by atoms with E-state index in [9.17, 15) is 4.79 Å². The monoisotopic (exact) mass is 356 g/mol. The fourth-order valence-corrected chi connectivity index (χ4v) is 2.29. The molecule has 1 heterocycles. The normalized spacial score (nSPS) is 11.1. The number of hydrogen-bond acceptors (Lipinski definition) is 4. The summed E-state index contributed by atoms with van der Waals surface area (Å²) < 4.78 is 11.7. The van der Waals surface area contributed by atoms with Gasteiger partial charge >= 0.3 is 5.97 Å². The third kappa shape index (κ3) is 4.99. The van der Waals surface area contributed by atoms with Crippen LogP contribution in [-0.2, 0) is 16.1 Å². The Morgan fingerprint density at radius 2 is 2.17 bits per heavy atom. The Labute approximate surface area is 142 Å². The van der Waals surface area contributed by atoms with E-state index in [1.165, 1.54) is 13.2 Å². The van der Waals surface area contributed by atoms with E-state index in [1.54, 1.807) is 28.9 Å². The zero-order valence-electron chi connectivity index (χ0n) is 12.2. The lowest BCUT2D eigenvalue weighted by Crippen LogP contribution is -2.06. The summed E-state index contributed by atoms with van der Waals surface area (Å²) in [6.45, 7) is 0.381. The van der Waals surface area contributed by atoms with E-state index < -0.39 is 5.97 Å². The number of hydrogen-bond donors (Lipinski definition) is 1. The van der Waals surface area contributed by atoms with E-state index >= 15 is 0 Å². The molecule has 23 heavy (non-hydrogen) atoms. The highest BCUT2D eigenvalue weighted by Crippen LogP contribution is 2.23. The lowest BCUT2D eigenvalue weighted by Gasteiger charge is -2.07. The molecule has 122 valence electrons. The Hall–Kier alpha value is -2.02. The van der Waals surface area contributed by atoms with Crippen molar-refractivity contribution in [3.63, 3.8) is 0 Å². The first-order valence-electron chi connectivity index (χ1n) is 6.54. The van der Waals surface area contributed by atoms with Crippen LogP contribution >= 0.6 is 23.2 Å². The Bertz CT molecular complexity index is 728. The molecule has 2 rings (SSSR count). The largest absolute Gasteiger partial charge is 0.478 e. The molecule has 0 fully saturated rings. The molecule has 0 spiro atoms. The van der Waals surface area contributed by atoms with Gasteiger partial charge in [0.05, 0.1) is 12.2 Å². The number of aromatic nitrogens is 2. The smallest absolute Gasteiger partial charge is 0.328 e. The first kappa shape index (κ1) is 17.3. The molecule has 0 saturated heterocycles. The molecule has 1 aromatic carbocycles. The average Bonchev–Trinajstić information content (AvgIpc) is 2.88. The lowest BCUT2D eigenvalue weighted by molar-refractivity contribution is -0.131. The van der Waals surface area contributed by atoms with Crippen LogP contribution < -0.4 is 4.74 Å². The van der Waals surface area contributed by atoms with Gasteiger partial charge in [-0.15, -0.1) is 5.10 Å². The number of methoxy groups -OCH3 is 1. The van der Waals surface area contributed by atoms with Crippen LogP contribution in [0.4, 0.5) is 0 Å². The standard InChI is InChI=1S/C15H14Cl2N2O4/c1-22-9-23-14-7-12(4-5-15(20)21)19(18-14)8-10-2-3-11(16)6-13(10)17/h2-7H,8-9H2,1H3,(H,20,21)/b5-4+. The Morgan fingerprint density at radius 1 is 1.39 bits per heavy atom. The molecule has 0 aliphatic rings. The number of carboxylic acid groups (broad SMARTS) is 1. The van der Waals surface area contributed by atoms with Crippen LogP contribution in [0.5, 0.6) is 5.88 Å². The highest BCUT2D eigenvalue weighted by Gasteiger charge is 2.10. The van der Waals surface area contributed by atoms with E-state index in [-0.39, 0.29) is 6.79 Å². The van der Waals surface area contributed by atoms with Gasteiger partial charge < -0.3 is 14.6 Å². The summed E-state index contributed by atoms with van der Waals surface area (Å²) >= 11 is 12.0. The van der Waals surface area contributed by atoms with E-state index in [4.69, 9.17) is 37.8 Å². The molecule has 0 aliphatic carbocycles. The van der Waals surface area contributed by atoms with Crippen LogP contribution in [0.3, 0.4) is 0 Å². The minimum absolute atomic E-state index is 0.0425. The first-order chi connectivity index (χ1) is 11.0. The van der Waals surface area contributed by atoms with Crippen molar-refractivity contribution in [3.8, 4) is 5.88 Å². The van der Waals surface area contributed by atoms with Crippen LogP contribution in [0, 0.1) is 0 Å². The maximum Gasteiger partial charge on any atom is 0.328 e. The van der Waals surface area contributed by atoms with Crippen LogP contribution in [0.25, 0.3) is 6.08 Å². The summed E-state index contributed by atoms with van der Waals surface area (Å²) in [5, 5.41) is 14.1. The number of carbonyl (C=O) groups is 1. The molecule has 0 bridgehead atoms. The molecule has 1 aromatic heterocycles. The third-order valence-electron chi connectivity index (χ3n) is 2.85. The summed E-state index contributed by atoms with van der Waals surface area (Å²) in [5.41, 5.74) is 1.35. The molecule has 0 unspecified atom stereocenters. The molecular weight excluding hydrogens is 343 g/mol. The second-order valence-electron chi connectivity index (χ2n) is 4.52. The van der Waals surface area contributed by atoms with Crippen LogP contribution in [-0.4, -0.2) is 34.8 Å². The van der Waals surface area contributed by atoms with Gasteiger partial charge in [-0.2, -0.15) is 0 Å². The predicted octanol–water partition coefficient (Wildman–Crippen LogP) is 3.32. The number of benzene rings is 1. The van der Waals surface area contributed by atoms with Gasteiger partial charge in [-0.1, -0.05) is 29.3 Å². The minimum Gasteiger partial charge on any atom is -0.478 e. The summed E-state index contributed by atoms with van der Waals surface area (Å²) in [6, 6.07) is 6.76. The summed E-state index contributed by atoms with van der Waals surface area (Å²) in [4.78, 5) is 10.7. The van der Waals surface area contributed by atoms with Gasteiger partial charge in [-0.05, 0) is 23.8 Å². The van der Waals surface area contributed by atoms with Crippen molar-refractivity contribution >= 4 is 35.2 Å². The van der Waals surface area contributed by atoms with E-state index in [0.29, 0.717) is 28.2 Å². The van der Waals surface area contributed by atoms with Crippen molar-refractivity contribution in [2.45, 2.75) is 6.54 Å². The SMILES string of the molecule is COCOc1cc(/C=C/C(=O)O)n(Cc2ccc(Cl)cc2Cl)n1. The molecule has 0 saturated carbocycles. The number of carboxylic acids is 1. The Morgan fingerprint density at radius 3 is 2.83 bits per heavy atom. The third-order valence-corrected chi connectivity index (χ3v) is 3.43. The number of nitrogens with zero attached hydrogens (tertiary/aromatic N) is 2. The molecule has 0 radical (unpaired) electrons. The summed E-state index contributed by atoms with van der Waals surface area (Å²) in [5.74, 6) is -0.733. The molecule has 0 amide bonds. The van der Waals surface area contributed by atoms with Crippen LogP contribution in [0.1, 0.15) is 11.3 Å². The fourth-order valence-electron chi connectivity index (χ4n) is 1.83. The zero-order chi connectivity index (χ0) is 16.8. The number of rotatable bonds is 7. The Kier molecular flexibility index (Phi) is 6.04. The van der Waals surface area contributed by atoms with E-state index in [2.05, 4.69) is 5.10 Å². The highest BCUT2D eigenvalue weighted by molar-refractivity contribution is 6.35. The molecule has 0 aliphatic heterocycles. The predicted molar refractivity (Wildman–Crippen MR) is 87.0 cm³/mol. The van der Waals surface area contributed by atoms with Gasteiger partial charge in [0.15, 0.2) is 6.79 Å². The van der Waals surface area contributed by atoms with Gasteiger partial charge in [-0.25, -0.2) is 4.79 Å². The number of ether oxygens (including phenoxy) is 2.